The van der Waals surface area contributed by atoms with Crippen molar-refractivity contribution in [2.45, 2.75) is 80.6 Å². The summed E-state index contributed by atoms with van der Waals surface area (Å²) in [7, 11) is 0. The molecule has 3 unspecified atom stereocenters. The number of hydrogen-bond acceptors (Lipinski definition) is 2. The molecule has 0 radical (unpaired) electrons. The number of carbonyl (C=O) groups excluding carboxylic acids is 2. The third-order valence-corrected chi connectivity index (χ3v) is 5.25. The molecule has 0 aromatic carbocycles. The van der Waals surface area contributed by atoms with E-state index in [1.165, 1.54) is 29.6 Å². The Balaban J connectivity index is 0.000000231. The first-order chi connectivity index (χ1) is 10.6. The topological polar surface area (TPSA) is 34.1 Å². The van der Waals surface area contributed by atoms with Gasteiger partial charge >= 0.3 is 0 Å². The van der Waals surface area contributed by atoms with E-state index in [1.807, 2.05) is 13.8 Å². The number of rotatable bonds is 1. The van der Waals surface area contributed by atoms with E-state index in [9.17, 15) is 9.59 Å². The van der Waals surface area contributed by atoms with Crippen LogP contribution >= 0.6 is 0 Å². The van der Waals surface area contributed by atoms with Gasteiger partial charge in [-0.1, -0.05) is 30.6 Å². The zero-order valence-electron chi connectivity index (χ0n) is 16.1. The van der Waals surface area contributed by atoms with Gasteiger partial charge in [0.2, 0.25) is 0 Å². The fourth-order valence-electron chi connectivity index (χ4n) is 3.86. The molecule has 2 heteroatoms. The first-order valence-corrected chi connectivity index (χ1v) is 9.01. The van der Waals surface area contributed by atoms with Crippen LogP contribution in [-0.4, -0.2) is 11.6 Å². The number of allylic oxidation sites excluding steroid dienone is 4. The Labute approximate surface area is 142 Å². The minimum absolute atomic E-state index is 0.231. The van der Waals surface area contributed by atoms with Crippen molar-refractivity contribution >= 4 is 11.6 Å². The second kappa shape index (κ2) is 8.61. The second-order valence-corrected chi connectivity index (χ2v) is 7.88. The van der Waals surface area contributed by atoms with Crippen LogP contribution in [0, 0.1) is 17.8 Å². The van der Waals surface area contributed by atoms with E-state index in [0.29, 0.717) is 23.4 Å². The highest BCUT2D eigenvalue weighted by molar-refractivity contribution is 5.96. The maximum Gasteiger partial charge on any atom is 0.159 e. The third-order valence-electron chi connectivity index (χ3n) is 5.25. The highest BCUT2D eigenvalue weighted by atomic mass is 16.1. The van der Waals surface area contributed by atoms with Crippen LogP contribution in [-0.2, 0) is 9.59 Å². The van der Waals surface area contributed by atoms with Crippen LogP contribution < -0.4 is 0 Å². The molecule has 0 aromatic heterocycles. The summed E-state index contributed by atoms with van der Waals surface area (Å²) in [5.74, 6) is 2.12. The molecule has 2 aliphatic carbocycles. The van der Waals surface area contributed by atoms with Crippen LogP contribution in [0.1, 0.15) is 80.6 Å². The smallest absolute Gasteiger partial charge is 0.159 e. The van der Waals surface area contributed by atoms with Gasteiger partial charge < -0.3 is 0 Å². The Morgan fingerprint density at radius 2 is 1.52 bits per heavy atom. The lowest BCUT2D eigenvalue weighted by Gasteiger charge is -2.19. The molecule has 2 saturated carbocycles. The van der Waals surface area contributed by atoms with Crippen LogP contribution in [0.25, 0.3) is 0 Å². The van der Waals surface area contributed by atoms with E-state index in [1.54, 1.807) is 6.92 Å². The van der Waals surface area contributed by atoms with E-state index < -0.39 is 0 Å². The summed E-state index contributed by atoms with van der Waals surface area (Å²) in [6.45, 7) is 14.3. The minimum Gasteiger partial charge on any atom is -0.299 e. The summed E-state index contributed by atoms with van der Waals surface area (Å²) < 4.78 is 0. The van der Waals surface area contributed by atoms with Crippen molar-refractivity contribution in [1.82, 2.24) is 0 Å². The maximum atomic E-state index is 11.4. The molecule has 2 fully saturated rings. The molecule has 0 aromatic rings. The molecule has 0 heterocycles. The SMILES string of the molecule is CC(=O)C1C(=C(C)C)CCC1C.CC(C)=C1CCC(C)CC1=O. The van der Waals surface area contributed by atoms with Gasteiger partial charge in [-0.05, 0) is 77.7 Å². The van der Waals surface area contributed by atoms with Crippen molar-refractivity contribution in [1.29, 1.82) is 0 Å². The highest BCUT2D eigenvalue weighted by Gasteiger charge is 2.31. The van der Waals surface area contributed by atoms with Crippen molar-refractivity contribution in [3.05, 3.63) is 22.3 Å². The predicted molar refractivity (Wildman–Crippen MR) is 97.3 cm³/mol. The fourth-order valence-corrected chi connectivity index (χ4v) is 3.86. The van der Waals surface area contributed by atoms with E-state index in [-0.39, 0.29) is 5.92 Å². The van der Waals surface area contributed by atoms with Crippen molar-refractivity contribution in [2.24, 2.45) is 17.8 Å². The highest BCUT2D eigenvalue weighted by Crippen LogP contribution is 2.38. The Kier molecular flexibility index (Phi) is 7.44. The Hall–Kier alpha value is -1.18. The first kappa shape index (κ1) is 19.9. The Morgan fingerprint density at radius 3 is 1.91 bits per heavy atom. The van der Waals surface area contributed by atoms with Gasteiger partial charge in [0.05, 0.1) is 0 Å². The summed E-state index contributed by atoms with van der Waals surface area (Å²) in [4.78, 5) is 22.7. The van der Waals surface area contributed by atoms with E-state index in [0.717, 1.165) is 24.8 Å². The molecule has 0 spiro atoms. The second-order valence-electron chi connectivity index (χ2n) is 7.88. The summed E-state index contributed by atoms with van der Waals surface area (Å²) in [6, 6.07) is 0. The average molecular weight is 319 g/mol. The Bertz CT molecular complexity index is 514. The van der Waals surface area contributed by atoms with Gasteiger partial charge in [0.25, 0.3) is 0 Å². The summed E-state index contributed by atoms with van der Waals surface area (Å²) in [5.41, 5.74) is 5.04. The van der Waals surface area contributed by atoms with Gasteiger partial charge in [0, 0.05) is 12.3 Å². The summed E-state index contributed by atoms with van der Waals surface area (Å²) in [5, 5.41) is 0. The van der Waals surface area contributed by atoms with Crippen LogP contribution in [0.5, 0.6) is 0 Å². The molecule has 0 bridgehead atoms. The van der Waals surface area contributed by atoms with Crippen LogP contribution in [0.3, 0.4) is 0 Å². The molecule has 3 atom stereocenters. The van der Waals surface area contributed by atoms with Crippen LogP contribution in [0.4, 0.5) is 0 Å². The van der Waals surface area contributed by atoms with E-state index >= 15 is 0 Å². The zero-order valence-corrected chi connectivity index (χ0v) is 16.1. The van der Waals surface area contributed by atoms with Crippen molar-refractivity contribution in [2.75, 3.05) is 0 Å². The largest absolute Gasteiger partial charge is 0.299 e. The fraction of sp³-hybridized carbons (Fsp3) is 0.714. The summed E-state index contributed by atoms with van der Waals surface area (Å²) in [6.07, 6.45) is 5.27. The van der Waals surface area contributed by atoms with Crippen molar-refractivity contribution in [3.63, 3.8) is 0 Å². The summed E-state index contributed by atoms with van der Waals surface area (Å²) >= 11 is 0. The van der Waals surface area contributed by atoms with E-state index in [4.69, 9.17) is 0 Å². The van der Waals surface area contributed by atoms with Gasteiger partial charge in [-0.2, -0.15) is 0 Å². The van der Waals surface area contributed by atoms with Gasteiger partial charge in [-0.25, -0.2) is 0 Å². The molecular weight excluding hydrogens is 284 g/mol. The van der Waals surface area contributed by atoms with Crippen molar-refractivity contribution < 1.29 is 9.59 Å². The Morgan fingerprint density at radius 1 is 0.913 bits per heavy atom. The lowest BCUT2D eigenvalue weighted by Crippen LogP contribution is -2.16. The molecule has 2 rings (SSSR count). The minimum atomic E-state index is 0.231. The monoisotopic (exact) mass is 318 g/mol. The van der Waals surface area contributed by atoms with Crippen LogP contribution in [0.2, 0.25) is 0 Å². The molecule has 130 valence electrons. The van der Waals surface area contributed by atoms with Gasteiger partial charge in [0.1, 0.15) is 5.78 Å². The molecule has 2 aliphatic rings. The number of hydrogen-bond donors (Lipinski definition) is 0. The number of Topliss-reactive ketones (excluding diaryl/α,β-unsaturated/α-hetero) is 2. The van der Waals surface area contributed by atoms with Gasteiger partial charge in [0.15, 0.2) is 5.78 Å². The van der Waals surface area contributed by atoms with Gasteiger partial charge in [-0.15, -0.1) is 0 Å². The molecule has 0 aliphatic heterocycles. The molecule has 2 nitrogen and oxygen atoms in total. The standard InChI is InChI=1S/C11H18O.C10H16O/c1-7(2)10-6-5-8(3)11(10)9(4)12;1-7(2)9-5-4-8(3)6-10(9)11/h8,11H,5-6H2,1-4H3;8H,4-6H2,1-3H3. The zero-order chi connectivity index (χ0) is 17.7. The maximum absolute atomic E-state index is 11.4. The van der Waals surface area contributed by atoms with Gasteiger partial charge in [-0.3, -0.25) is 9.59 Å². The molecule has 0 N–H and O–H groups in total. The predicted octanol–water partition coefficient (Wildman–Crippen LogP) is 5.67. The average Bonchev–Trinajstić information content (AvgIpc) is 2.81. The lowest BCUT2D eigenvalue weighted by atomic mass is 9.84. The molecule has 0 saturated heterocycles. The van der Waals surface area contributed by atoms with Crippen molar-refractivity contribution in [3.8, 4) is 0 Å². The lowest BCUT2D eigenvalue weighted by molar-refractivity contribution is -0.120. The first-order valence-electron chi connectivity index (χ1n) is 9.01. The normalized spacial score (nSPS) is 27.4. The molecular formula is C21H34O2. The van der Waals surface area contributed by atoms with E-state index in [2.05, 4.69) is 27.7 Å². The van der Waals surface area contributed by atoms with Crippen LogP contribution in [0.15, 0.2) is 22.3 Å². The number of ketones is 2. The molecule has 23 heavy (non-hydrogen) atoms. The quantitative estimate of drug-likeness (QED) is 0.461. The number of carbonyl (C=O) groups is 2. The third kappa shape index (κ3) is 5.44. The molecule has 0 amide bonds.